The van der Waals surface area contributed by atoms with Gasteiger partial charge in [-0.1, -0.05) is 11.8 Å². The van der Waals surface area contributed by atoms with Crippen molar-refractivity contribution in [3.05, 3.63) is 60.2 Å². The number of hydrogen-bond acceptors (Lipinski definition) is 5. The lowest BCUT2D eigenvalue weighted by molar-refractivity contribution is -0.144. The normalized spacial score (nSPS) is 11.0. The Bertz CT molecular complexity index is 925. The van der Waals surface area contributed by atoms with Gasteiger partial charge >= 0.3 is 5.97 Å². The van der Waals surface area contributed by atoms with E-state index < -0.39 is 0 Å². The standard InChI is InChI=1S/C19H17F2N3O2S/c1-12(2)26-17(25)11-27-19-23-22-18(13-3-5-14(20)6-4-13)24(19)16-9-7-15(21)8-10-16/h3-10,12H,11H2,1-2H3. The quantitative estimate of drug-likeness (QED) is 0.466. The van der Waals surface area contributed by atoms with E-state index in [-0.39, 0.29) is 29.5 Å². The summed E-state index contributed by atoms with van der Waals surface area (Å²) in [5.74, 6) is -0.586. The lowest BCUT2D eigenvalue weighted by atomic mass is 10.2. The van der Waals surface area contributed by atoms with Crippen molar-refractivity contribution in [1.29, 1.82) is 0 Å². The van der Waals surface area contributed by atoms with Gasteiger partial charge in [-0.15, -0.1) is 10.2 Å². The van der Waals surface area contributed by atoms with Crippen LogP contribution in [0.15, 0.2) is 53.7 Å². The zero-order chi connectivity index (χ0) is 19.4. The molecule has 3 aromatic rings. The number of aromatic nitrogens is 3. The van der Waals surface area contributed by atoms with Crippen LogP contribution in [0.5, 0.6) is 0 Å². The molecule has 0 saturated carbocycles. The van der Waals surface area contributed by atoms with E-state index in [4.69, 9.17) is 4.74 Å². The molecule has 1 heterocycles. The highest BCUT2D eigenvalue weighted by atomic mass is 32.2. The van der Waals surface area contributed by atoms with E-state index in [0.29, 0.717) is 22.2 Å². The number of thioether (sulfide) groups is 1. The van der Waals surface area contributed by atoms with Gasteiger partial charge in [0.1, 0.15) is 11.6 Å². The number of carbonyl (C=O) groups excluding carboxylic acids is 1. The van der Waals surface area contributed by atoms with Gasteiger partial charge in [-0.3, -0.25) is 9.36 Å². The summed E-state index contributed by atoms with van der Waals surface area (Å²) in [4.78, 5) is 11.8. The minimum atomic E-state index is -0.370. The number of esters is 1. The molecule has 0 atom stereocenters. The maximum absolute atomic E-state index is 13.3. The molecule has 2 aromatic carbocycles. The molecule has 0 bridgehead atoms. The van der Waals surface area contributed by atoms with Crippen LogP contribution in [0.1, 0.15) is 13.8 Å². The van der Waals surface area contributed by atoms with Gasteiger partial charge < -0.3 is 4.74 Å². The highest BCUT2D eigenvalue weighted by Crippen LogP contribution is 2.28. The van der Waals surface area contributed by atoms with Crippen LogP contribution in [0.2, 0.25) is 0 Å². The second kappa shape index (κ2) is 8.30. The first kappa shape index (κ1) is 19.0. The third kappa shape index (κ3) is 4.71. The number of nitrogens with zero attached hydrogens (tertiary/aromatic N) is 3. The number of benzene rings is 2. The van der Waals surface area contributed by atoms with E-state index in [9.17, 15) is 13.6 Å². The van der Waals surface area contributed by atoms with Crippen molar-refractivity contribution in [3.63, 3.8) is 0 Å². The Labute approximate surface area is 159 Å². The maximum Gasteiger partial charge on any atom is 0.316 e. The molecule has 0 radical (unpaired) electrons. The third-order valence-corrected chi connectivity index (χ3v) is 4.41. The van der Waals surface area contributed by atoms with Crippen LogP contribution in [-0.4, -0.2) is 32.6 Å². The molecular formula is C19H17F2N3O2S. The predicted octanol–water partition coefficient (Wildman–Crippen LogP) is 4.26. The van der Waals surface area contributed by atoms with E-state index in [1.54, 1.807) is 42.7 Å². The molecule has 0 unspecified atom stereocenters. The maximum atomic E-state index is 13.3. The fourth-order valence-corrected chi connectivity index (χ4v) is 3.13. The highest BCUT2D eigenvalue weighted by molar-refractivity contribution is 7.99. The summed E-state index contributed by atoms with van der Waals surface area (Å²) in [6.45, 7) is 3.55. The lowest BCUT2D eigenvalue weighted by Gasteiger charge is -2.11. The van der Waals surface area contributed by atoms with Crippen molar-refractivity contribution < 1.29 is 18.3 Å². The van der Waals surface area contributed by atoms with Crippen molar-refractivity contribution >= 4 is 17.7 Å². The van der Waals surface area contributed by atoms with Gasteiger partial charge in [-0.05, 0) is 62.4 Å². The van der Waals surface area contributed by atoms with Crippen LogP contribution in [0, 0.1) is 11.6 Å². The van der Waals surface area contributed by atoms with Crippen molar-refractivity contribution in [2.45, 2.75) is 25.1 Å². The van der Waals surface area contributed by atoms with Gasteiger partial charge in [0.2, 0.25) is 0 Å². The second-order valence-electron chi connectivity index (χ2n) is 5.95. The minimum Gasteiger partial charge on any atom is -0.462 e. The molecule has 0 aliphatic carbocycles. The number of rotatable bonds is 6. The first-order valence-corrected chi connectivity index (χ1v) is 9.22. The van der Waals surface area contributed by atoms with Gasteiger partial charge in [-0.25, -0.2) is 8.78 Å². The predicted molar refractivity (Wildman–Crippen MR) is 98.7 cm³/mol. The van der Waals surface area contributed by atoms with Crippen molar-refractivity contribution in [2.24, 2.45) is 0 Å². The van der Waals surface area contributed by atoms with Gasteiger partial charge in [0, 0.05) is 11.3 Å². The van der Waals surface area contributed by atoms with Crippen molar-refractivity contribution in [1.82, 2.24) is 14.8 Å². The zero-order valence-electron chi connectivity index (χ0n) is 14.7. The van der Waals surface area contributed by atoms with E-state index in [2.05, 4.69) is 10.2 Å². The molecular weight excluding hydrogens is 372 g/mol. The fourth-order valence-electron chi connectivity index (χ4n) is 2.39. The van der Waals surface area contributed by atoms with Crippen LogP contribution in [0.4, 0.5) is 8.78 Å². The third-order valence-electron chi connectivity index (χ3n) is 3.51. The van der Waals surface area contributed by atoms with Crippen LogP contribution >= 0.6 is 11.8 Å². The molecule has 1 aromatic heterocycles. The molecule has 140 valence electrons. The van der Waals surface area contributed by atoms with Crippen molar-refractivity contribution in [2.75, 3.05) is 5.75 Å². The molecule has 0 saturated heterocycles. The second-order valence-corrected chi connectivity index (χ2v) is 6.89. The number of ether oxygens (including phenoxy) is 1. The summed E-state index contributed by atoms with van der Waals surface area (Å²) in [5, 5.41) is 8.77. The van der Waals surface area contributed by atoms with Gasteiger partial charge in [0.05, 0.1) is 11.9 Å². The largest absolute Gasteiger partial charge is 0.462 e. The Morgan fingerprint density at radius 3 is 2.22 bits per heavy atom. The van der Waals surface area contributed by atoms with E-state index in [1.165, 1.54) is 24.3 Å². The summed E-state index contributed by atoms with van der Waals surface area (Å²) in [7, 11) is 0. The van der Waals surface area contributed by atoms with E-state index in [1.807, 2.05) is 0 Å². The molecule has 0 N–H and O–H groups in total. The first-order valence-electron chi connectivity index (χ1n) is 8.23. The molecule has 0 aliphatic rings. The number of halogens is 2. The topological polar surface area (TPSA) is 57.0 Å². The molecule has 0 fully saturated rings. The molecule has 3 rings (SSSR count). The highest BCUT2D eigenvalue weighted by Gasteiger charge is 2.18. The van der Waals surface area contributed by atoms with E-state index in [0.717, 1.165) is 11.8 Å². The minimum absolute atomic E-state index is 0.0565. The number of carbonyl (C=O) groups is 1. The van der Waals surface area contributed by atoms with E-state index >= 15 is 0 Å². The van der Waals surface area contributed by atoms with Gasteiger partial charge in [-0.2, -0.15) is 0 Å². The fraction of sp³-hybridized carbons (Fsp3) is 0.211. The summed E-state index contributed by atoms with van der Waals surface area (Å²) in [5.41, 5.74) is 1.27. The Kier molecular flexibility index (Phi) is 5.85. The summed E-state index contributed by atoms with van der Waals surface area (Å²) < 4.78 is 33.4. The number of hydrogen-bond donors (Lipinski definition) is 0. The van der Waals surface area contributed by atoms with Crippen LogP contribution in [-0.2, 0) is 9.53 Å². The van der Waals surface area contributed by atoms with Gasteiger partial charge in [0.25, 0.3) is 0 Å². The molecule has 0 aliphatic heterocycles. The van der Waals surface area contributed by atoms with Crippen LogP contribution < -0.4 is 0 Å². The Balaban J connectivity index is 1.97. The first-order chi connectivity index (χ1) is 12.9. The van der Waals surface area contributed by atoms with Crippen LogP contribution in [0.3, 0.4) is 0 Å². The zero-order valence-corrected chi connectivity index (χ0v) is 15.5. The molecule has 0 amide bonds. The molecule has 0 spiro atoms. The summed E-state index contributed by atoms with van der Waals surface area (Å²) >= 11 is 1.16. The summed E-state index contributed by atoms with van der Waals surface area (Å²) in [6.07, 6.45) is -0.206. The van der Waals surface area contributed by atoms with Gasteiger partial charge in [0.15, 0.2) is 11.0 Å². The van der Waals surface area contributed by atoms with Crippen LogP contribution in [0.25, 0.3) is 17.1 Å². The van der Waals surface area contributed by atoms with Crippen molar-refractivity contribution in [3.8, 4) is 17.1 Å². The SMILES string of the molecule is CC(C)OC(=O)CSc1nnc(-c2ccc(F)cc2)n1-c1ccc(F)cc1. The Hall–Kier alpha value is -2.74. The lowest BCUT2D eigenvalue weighted by Crippen LogP contribution is -2.13. The monoisotopic (exact) mass is 389 g/mol. The Morgan fingerprint density at radius 2 is 1.63 bits per heavy atom. The molecule has 27 heavy (non-hydrogen) atoms. The average Bonchev–Trinajstić information content (AvgIpc) is 3.04. The average molecular weight is 389 g/mol. The smallest absolute Gasteiger partial charge is 0.316 e. The molecule has 8 heteroatoms. The Morgan fingerprint density at radius 1 is 1.04 bits per heavy atom. The molecule has 5 nitrogen and oxygen atoms in total. The summed E-state index contributed by atoms with van der Waals surface area (Å²) in [6, 6.07) is 11.6.